The highest BCUT2D eigenvalue weighted by Gasteiger charge is 2.33. The molecule has 0 saturated carbocycles. The van der Waals surface area contributed by atoms with Crippen molar-refractivity contribution in [1.29, 1.82) is 0 Å². The standard InChI is InChI=1S/C17H15N2O2/c1-19-15-10-6-5-9-13(15)18-14(17(19)21)11-16(20)12-7-3-2-4-8-12/h2-10,14H,11H2,1H3. The van der Waals surface area contributed by atoms with Crippen LogP contribution in [0.15, 0.2) is 54.6 Å². The van der Waals surface area contributed by atoms with Crippen molar-refractivity contribution in [3.63, 3.8) is 0 Å². The van der Waals surface area contributed by atoms with Crippen LogP contribution < -0.4 is 10.2 Å². The Balaban J connectivity index is 1.81. The summed E-state index contributed by atoms with van der Waals surface area (Å²) in [5.74, 6) is -0.205. The predicted molar refractivity (Wildman–Crippen MR) is 80.8 cm³/mol. The molecule has 0 fully saturated rings. The Morgan fingerprint density at radius 1 is 1.10 bits per heavy atom. The average molecular weight is 279 g/mol. The first-order valence-electron chi connectivity index (χ1n) is 6.82. The monoisotopic (exact) mass is 279 g/mol. The van der Waals surface area contributed by atoms with Crippen molar-refractivity contribution < 1.29 is 9.59 Å². The number of carbonyl (C=O) groups excluding carboxylic acids is 2. The third-order valence-electron chi connectivity index (χ3n) is 3.63. The maximum absolute atomic E-state index is 12.3. The van der Waals surface area contributed by atoms with Gasteiger partial charge in [0.1, 0.15) is 6.04 Å². The highest BCUT2D eigenvalue weighted by molar-refractivity contribution is 6.06. The summed E-state index contributed by atoms with van der Waals surface area (Å²) in [6.45, 7) is 0. The highest BCUT2D eigenvalue weighted by Crippen LogP contribution is 2.31. The molecule has 21 heavy (non-hydrogen) atoms. The summed E-state index contributed by atoms with van der Waals surface area (Å²) in [7, 11) is 1.72. The minimum Gasteiger partial charge on any atom is -0.312 e. The summed E-state index contributed by atoms with van der Waals surface area (Å²) in [5, 5.41) is 4.43. The Morgan fingerprint density at radius 2 is 1.76 bits per heavy atom. The Bertz CT molecular complexity index is 682. The molecule has 1 aliphatic heterocycles. The molecule has 1 unspecified atom stereocenters. The van der Waals surface area contributed by atoms with E-state index in [9.17, 15) is 9.59 Å². The van der Waals surface area contributed by atoms with E-state index in [1.54, 1.807) is 24.1 Å². The van der Waals surface area contributed by atoms with Crippen LogP contribution in [-0.2, 0) is 4.79 Å². The molecule has 1 aliphatic rings. The number of anilines is 1. The predicted octanol–water partition coefficient (Wildman–Crippen LogP) is 2.54. The number of Topliss-reactive ketones (excluding diaryl/α,β-unsaturated/α-hetero) is 1. The molecule has 2 aromatic rings. The van der Waals surface area contributed by atoms with Gasteiger partial charge in [-0.3, -0.25) is 14.9 Å². The van der Waals surface area contributed by atoms with Crippen LogP contribution in [0, 0.1) is 0 Å². The Hall–Kier alpha value is -2.62. The smallest absolute Gasteiger partial charge is 0.252 e. The molecule has 3 rings (SSSR count). The number of rotatable bonds is 3. The van der Waals surface area contributed by atoms with Crippen molar-refractivity contribution in [2.75, 3.05) is 11.9 Å². The van der Waals surface area contributed by atoms with Gasteiger partial charge in [0.05, 0.1) is 11.4 Å². The number of likely N-dealkylation sites (N-methyl/N-ethyl adjacent to an activating group) is 1. The van der Waals surface area contributed by atoms with E-state index in [4.69, 9.17) is 0 Å². The molecule has 0 N–H and O–H groups in total. The Kier molecular flexibility index (Phi) is 3.44. The van der Waals surface area contributed by atoms with E-state index < -0.39 is 6.04 Å². The van der Waals surface area contributed by atoms with E-state index in [2.05, 4.69) is 5.32 Å². The summed E-state index contributed by atoms with van der Waals surface area (Å²) in [5.41, 5.74) is 2.15. The number of hydrogen-bond donors (Lipinski definition) is 0. The lowest BCUT2D eigenvalue weighted by Gasteiger charge is -2.30. The minimum absolute atomic E-state index is 0.0644. The highest BCUT2D eigenvalue weighted by atomic mass is 16.2. The number of para-hydroxylation sites is 2. The van der Waals surface area contributed by atoms with E-state index in [0.717, 1.165) is 11.4 Å². The third kappa shape index (κ3) is 2.52. The van der Waals surface area contributed by atoms with Gasteiger partial charge in [-0.15, -0.1) is 0 Å². The summed E-state index contributed by atoms with van der Waals surface area (Å²) in [6, 6.07) is 15.8. The van der Waals surface area contributed by atoms with Crippen molar-refractivity contribution in [1.82, 2.24) is 5.32 Å². The van der Waals surface area contributed by atoms with Gasteiger partial charge in [0.2, 0.25) is 0 Å². The lowest BCUT2D eigenvalue weighted by atomic mass is 10.0. The van der Waals surface area contributed by atoms with Gasteiger partial charge in [-0.1, -0.05) is 42.5 Å². The van der Waals surface area contributed by atoms with Gasteiger partial charge in [0.25, 0.3) is 5.91 Å². The minimum atomic E-state index is -0.641. The SMILES string of the molecule is CN1C(=O)C(CC(=O)c2ccccc2)[N]c2ccccc21. The van der Waals surface area contributed by atoms with Gasteiger partial charge in [0.15, 0.2) is 5.78 Å². The van der Waals surface area contributed by atoms with Crippen LogP contribution in [0.3, 0.4) is 0 Å². The molecular formula is C17H15N2O2. The van der Waals surface area contributed by atoms with Crippen LogP contribution in [0.2, 0.25) is 0 Å². The molecule has 1 amide bonds. The number of carbonyl (C=O) groups is 2. The molecular weight excluding hydrogens is 264 g/mol. The number of benzene rings is 2. The van der Waals surface area contributed by atoms with Gasteiger partial charge < -0.3 is 4.90 Å². The van der Waals surface area contributed by atoms with E-state index in [1.165, 1.54) is 0 Å². The molecule has 2 aromatic carbocycles. The van der Waals surface area contributed by atoms with E-state index in [0.29, 0.717) is 5.56 Å². The molecule has 105 valence electrons. The van der Waals surface area contributed by atoms with E-state index >= 15 is 0 Å². The molecule has 0 spiro atoms. The molecule has 4 heteroatoms. The maximum Gasteiger partial charge on any atom is 0.252 e. The lowest BCUT2D eigenvalue weighted by Crippen LogP contribution is -2.45. The topological polar surface area (TPSA) is 51.5 Å². The van der Waals surface area contributed by atoms with Crippen molar-refractivity contribution in [3.05, 3.63) is 60.2 Å². The summed E-state index contributed by atoms with van der Waals surface area (Å²) in [4.78, 5) is 26.2. The summed E-state index contributed by atoms with van der Waals surface area (Å²) < 4.78 is 0. The van der Waals surface area contributed by atoms with Crippen molar-refractivity contribution >= 4 is 23.1 Å². The van der Waals surface area contributed by atoms with Crippen LogP contribution >= 0.6 is 0 Å². The van der Waals surface area contributed by atoms with Crippen molar-refractivity contribution in [3.8, 4) is 0 Å². The lowest BCUT2D eigenvalue weighted by molar-refractivity contribution is -0.120. The largest absolute Gasteiger partial charge is 0.312 e. The number of ketones is 1. The first kappa shape index (κ1) is 13.4. The zero-order chi connectivity index (χ0) is 14.8. The van der Waals surface area contributed by atoms with Crippen LogP contribution in [0.5, 0.6) is 0 Å². The molecule has 0 bridgehead atoms. The zero-order valence-electron chi connectivity index (χ0n) is 11.7. The van der Waals surface area contributed by atoms with Crippen LogP contribution in [0.4, 0.5) is 11.4 Å². The molecule has 1 radical (unpaired) electrons. The van der Waals surface area contributed by atoms with Gasteiger partial charge in [0, 0.05) is 19.0 Å². The summed E-state index contributed by atoms with van der Waals surface area (Å²) in [6.07, 6.45) is 0.0987. The van der Waals surface area contributed by atoms with Gasteiger partial charge >= 0.3 is 0 Å². The van der Waals surface area contributed by atoms with Crippen LogP contribution in [-0.4, -0.2) is 24.8 Å². The fraction of sp³-hybridized carbons (Fsp3) is 0.176. The van der Waals surface area contributed by atoms with Gasteiger partial charge in [-0.05, 0) is 12.1 Å². The zero-order valence-corrected chi connectivity index (χ0v) is 11.7. The van der Waals surface area contributed by atoms with Crippen molar-refractivity contribution in [2.45, 2.75) is 12.5 Å². The number of nitrogens with zero attached hydrogens (tertiary/aromatic N) is 2. The normalized spacial score (nSPS) is 17.1. The molecule has 0 aromatic heterocycles. The first-order valence-corrected chi connectivity index (χ1v) is 6.82. The second-order valence-corrected chi connectivity index (χ2v) is 5.02. The molecule has 0 aliphatic carbocycles. The quantitative estimate of drug-likeness (QED) is 0.811. The number of fused-ring (bicyclic) bond motifs is 1. The molecule has 4 nitrogen and oxygen atoms in total. The number of hydrogen-bond acceptors (Lipinski definition) is 2. The van der Waals surface area contributed by atoms with Gasteiger partial charge in [-0.2, -0.15) is 0 Å². The Labute approximate surface area is 123 Å². The maximum atomic E-state index is 12.3. The van der Waals surface area contributed by atoms with Crippen molar-refractivity contribution in [2.24, 2.45) is 0 Å². The van der Waals surface area contributed by atoms with Crippen LogP contribution in [0.1, 0.15) is 16.8 Å². The average Bonchev–Trinajstić information content (AvgIpc) is 2.53. The molecule has 0 saturated heterocycles. The van der Waals surface area contributed by atoms with Crippen LogP contribution in [0.25, 0.3) is 0 Å². The Morgan fingerprint density at radius 3 is 2.52 bits per heavy atom. The first-order chi connectivity index (χ1) is 10.2. The molecule has 1 atom stereocenters. The third-order valence-corrected chi connectivity index (χ3v) is 3.63. The second kappa shape index (κ2) is 5.40. The molecule has 1 heterocycles. The fourth-order valence-electron chi connectivity index (χ4n) is 2.47. The van der Waals surface area contributed by atoms with Gasteiger partial charge in [-0.25, -0.2) is 0 Å². The van der Waals surface area contributed by atoms with E-state index in [1.807, 2.05) is 42.5 Å². The van der Waals surface area contributed by atoms with E-state index in [-0.39, 0.29) is 18.1 Å². The number of amides is 1. The summed E-state index contributed by atoms with van der Waals surface area (Å²) >= 11 is 0. The fourth-order valence-corrected chi connectivity index (χ4v) is 2.47. The second-order valence-electron chi connectivity index (χ2n) is 5.02.